The van der Waals surface area contributed by atoms with Crippen molar-refractivity contribution in [1.82, 2.24) is 14.6 Å². The quantitative estimate of drug-likeness (QED) is 0.180. The maximum atomic E-state index is 14.6. The average molecular weight is 631 g/mol. The number of aromatic nitrogens is 2. The van der Waals surface area contributed by atoms with Crippen LogP contribution in [0, 0.1) is 5.82 Å². The highest BCUT2D eigenvalue weighted by atomic mass is 31.2. The molecule has 4 rings (SSSR count). The fraction of sp³-hybridized carbons (Fsp3) is 0.423. The fourth-order valence-electron chi connectivity index (χ4n) is 4.30. The van der Waals surface area contributed by atoms with Gasteiger partial charge in [0, 0.05) is 0 Å². The lowest BCUT2D eigenvalue weighted by atomic mass is 9.96. The van der Waals surface area contributed by atoms with Gasteiger partial charge in [0.1, 0.15) is 24.0 Å². The maximum absolute atomic E-state index is 14.6. The van der Waals surface area contributed by atoms with E-state index in [1.807, 2.05) is 0 Å². The van der Waals surface area contributed by atoms with E-state index in [-0.39, 0.29) is 5.75 Å². The van der Waals surface area contributed by atoms with Crippen LogP contribution in [0.5, 0.6) is 5.75 Å². The highest BCUT2D eigenvalue weighted by Crippen LogP contribution is 2.49. The number of nitrogens with one attached hydrogen (secondary N) is 1. The summed E-state index contributed by atoms with van der Waals surface area (Å²) in [4.78, 5) is 27.9. The van der Waals surface area contributed by atoms with Gasteiger partial charge in [0.2, 0.25) is 0 Å². The molecule has 1 fully saturated rings. The second-order valence-electron chi connectivity index (χ2n) is 10.1. The zero-order valence-corrected chi connectivity index (χ0v) is 24.0. The number of halogens is 3. The Kier molecular flexibility index (Phi) is 9.49. The molecule has 0 radical (unpaired) electrons. The number of nitrogen functional groups attached to an aromatic ring is 1. The minimum absolute atomic E-state index is 0.0363. The summed E-state index contributed by atoms with van der Waals surface area (Å²) in [6.07, 6.45) is -10.5. The Balaban J connectivity index is 1.66. The third-order valence-electron chi connectivity index (χ3n) is 6.50. The van der Waals surface area contributed by atoms with Crippen LogP contribution in [0.3, 0.4) is 0 Å². The number of benzene rings is 2. The molecule has 3 aromatic rings. The second-order valence-corrected chi connectivity index (χ2v) is 11.8. The lowest BCUT2D eigenvalue weighted by Gasteiger charge is -2.32. The van der Waals surface area contributed by atoms with Crippen LogP contribution in [0.4, 0.5) is 19.0 Å². The van der Waals surface area contributed by atoms with Crippen LogP contribution in [-0.4, -0.2) is 68.7 Å². The van der Waals surface area contributed by atoms with Gasteiger partial charge in [-0.2, -0.15) is 10.1 Å². The summed E-state index contributed by atoms with van der Waals surface area (Å²) in [7, 11) is -4.78. The molecule has 0 spiro atoms. The topological polar surface area (TPSA) is 184 Å². The third-order valence-corrected chi connectivity index (χ3v) is 8.12. The van der Waals surface area contributed by atoms with Crippen molar-refractivity contribution in [3.8, 4) is 5.75 Å². The Morgan fingerprint density at radius 3 is 2.53 bits per heavy atom. The normalized spacial score (nSPS) is 24.3. The first-order valence-corrected chi connectivity index (χ1v) is 14.5. The van der Waals surface area contributed by atoms with Crippen molar-refractivity contribution in [2.75, 3.05) is 12.3 Å². The van der Waals surface area contributed by atoms with E-state index in [2.05, 4.69) is 10.1 Å². The number of carbonyl (C=O) groups excluding carboxylic acids is 1. The molecule has 2 heterocycles. The summed E-state index contributed by atoms with van der Waals surface area (Å²) in [5, 5.41) is 25.0. The fourth-order valence-corrected chi connectivity index (χ4v) is 5.82. The smallest absolute Gasteiger partial charge is 0.459 e. The van der Waals surface area contributed by atoms with Gasteiger partial charge in [-0.05, 0) is 43.7 Å². The number of ether oxygens (including phenoxy) is 2. The lowest BCUT2D eigenvalue weighted by molar-refractivity contribution is -0.193. The first kappa shape index (κ1) is 32.4. The van der Waals surface area contributed by atoms with Crippen LogP contribution in [-0.2, 0) is 23.4 Å². The van der Waals surface area contributed by atoms with E-state index in [1.54, 1.807) is 44.2 Å². The van der Waals surface area contributed by atoms with Crippen molar-refractivity contribution in [3.05, 3.63) is 65.0 Å². The molecule has 0 aliphatic carbocycles. The molecule has 234 valence electrons. The van der Waals surface area contributed by atoms with Gasteiger partial charge < -0.3 is 29.9 Å². The molecule has 1 aromatic heterocycles. The van der Waals surface area contributed by atoms with Crippen molar-refractivity contribution < 1.29 is 51.3 Å². The van der Waals surface area contributed by atoms with Crippen molar-refractivity contribution in [1.29, 1.82) is 0 Å². The molecular weight excluding hydrogens is 600 g/mol. The predicted molar refractivity (Wildman–Crippen MR) is 146 cm³/mol. The van der Waals surface area contributed by atoms with Crippen LogP contribution < -0.4 is 21.0 Å². The summed E-state index contributed by atoms with van der Waals surface area (Å²) < 4.78 is 78.7. The Morgan fingerprint density at radius 2 is 1.88 bits per heavy atom. The molecule has 17 heteroatoms. The molecule has 5 N–H and O–H groups in total. The number of anilines is 1. The standard InChI is InChI=1S/C26H30F3N4O9P/c1-13(2)40-23(36)14(3)32-43(38,42-17-9-8-15-6-4-5-7-16(15)10-17)39-12-26(24(28)29)20(35)19(34)22(41-26)33-11-18(27)21(30)31-25(33)37/h4-11,13-14,19-20,22,24,34-35H,12H2,1-3H3,(H,32,38)(H2,30,31,37)/t14-,19+,20+,22+,26+,43?/m0/s1. The molecule has 0 amide bonds. The van der Waals surface area contributed by atoms with Crippen molar-refractivity contribution in [2.45, 2.75) is 63.4 Å². The number of esters is 1. The summed E-state index contributed by atoms with van der Waals surface area (Å²) in [6, 6.07) is 10.3. The number of rotatable bonds is 11. The van der Waals surface area contributed by atoms with Crippen molar-refractivity contribution in [2.24, 2.45) is 0 Å². The number of aliphatic hydroxyl groups excluding tert-OH is 2. The Morgan fingerprint density at radius 1 is 1.21 bits per heavy atom. The van der Waals surface area contributed by atoms with Gasteiger partial charge in [0.05, 0.1) is 18.9 Å². The third kappa shape index (κ3) is 6.84. The van der Waals surface area contributed by atoms with Gasteiger partial charge in [0.15, 0.2) is 23.5 Å². The number of aliphatic hydroxyl groups is 2. The molecule has 43 heavy (non-hydrogen) atoms. The second kappa shape index (κ2) is 12.6. The minimum Gasteiger partial charge on any atom is -0.462 e. The minimum atomic E-state index is -4.78. The molecule has 2 aromatic carbocycles. The van der Waals surface area contributed by atoms with E-state index in [0.29, 0.717) is 16.2 Å². The number of fused-ring (bicyclic) bond motifs is 1. The highest BCUT2D eigenvalue weighted by molar-refractivity contribution is 7.52. The Hall–Kier alpha value is -3.53. The first-order valence-electron chi connectivity index (χ1n) is 12.9. The Labute approximate surface area is 242 Å². The predicted octanol–water partition coefficient (Wildman–Crippen LogP) is 2.51. The molecule has 13 nitrogen and oxygen atoms in total. The molecule has 1 aliphatic heterocycles. The number of hydrogen-bond donors (Lipinski definition) is 4. The molecule has 6 atom stereocenters. The number of hydrogen-bond acceptors (Lipinski definition) is 11. The van der Waals surface area contributed by atoms with Gasteiger partial charge in [-0.15, -0.1) is 0 Å². The highest BCUT2D eigenvalue weighted by Gasteiger charge is 2.61. The van der Waals surface area contributed by atoms with E-state index in [9.17, 15) is 37.5 Å². The van der Waals surface area contributed by atoms with Crippen LogP contribution in [0.15, 0.2) is 53.5 Å². The zero-order chi connectivity index (χ0) is 31.7. The lowest BCUT2D eigenvalue weighted by Crippen LogP contribution is -2.53. The largest absolute Gasteiger partial charge is 0.462 e. The first-order chi connectivity index (χ1) is 20.2. The number of nitrogens with two attached hydrogens (primary N) is 1. The zero-order valence-electron chi connectivity index (χ0n) is 23.1. The molecule has 1 saturated heterocycles. The molecule has 0 saturated carbocycles. The monoisotopic (exact) mass is 630 g/mol. The van der Waals surface area contributed by atoms with Crippen LogP contribution >= 0.6 is 7.75 Å². The van der Waals surface area contributed by atoms with Gasteiger partial charge in [-0.1, -0.05) is 30.3 Å². The van der Waals surface area contributed by atoms with Crippen LogP contribution in [0.1, 0.15) is 27.0 Å². The van der Waals surface area contributed by atoms with E-state index in [4.69, 9.17) is 24.3 Å². The summed E-state index contributed by atoms with van der Waals surface area (Å²) in [6.45, 7) is 3.02. The van der Waals surface area contributed by atoms with Gasteiger partial charge >= 0.3 is 19.4 Å². The van der Waals surface area contributed by atoms with Gasteiger partial charge in [-0.25, -0.2) is 22.5 Å². The van der Waals surface area contributed by atoms with Crippen LogP contribution in [0.25, 0.3) is 10.8 Å². The molecular formula is C26H30F3N4O9P. The maximum Gasteiger partial charge on any atom is 0.459 e. The van der Waals surface area contributed by atoms with Gasteiger partial charge in [-0.3, -0.25) is 13.9 Å². The molecule has 0 bridgehead atoms. The van der Waals surface area contributed by atoms with Crippen LogP contribution in [0.2, 0.25) is 0 Å². The Bertz CT molecular complexity index is 1590. The molecule has 1 unspecified atom stereocenters. The van der Waals surface area contributed by atoms with E-state index in [1.165, 1.54) is 19.1 Å². The number of carbonyl (C=O) groups is 1. The number of nitrogens with zero attached hydrogens (tertiary/aromatic N) is 2. The van der Waals surface area contributed by atoms with E-state index < -0.39 is 80.3 Å². The summed E-state index contributed by atoms with van der Waals surface area (Å²) >= 11 is 0. The molecule has 1 aliphatic rings. The average Bonchev–Trinajstić information content (AvgIpc) is 3.19. The summed E-state index contributed by atoms with van der Waals surface area (Å²) in [5.41, 5.74) is 0.861. The van der Waals surface area contributed by atoms with Crippen molar-refractivity contribution >= 4 is 30.3 Å². The summed E-state index contributed by atoms with van der Waals surface area (Å²) in [5.74, 6) is -2.92. The van der Waals surface area contributed by atoms with Gasteiger partial charge in [0.25, 0.3) is 6.43 Å². The van der Waals surface area contributed by atoms with E-state index in [0.717, 1.165) is 5.39 Å². The van der Waals surface area contributed by atoms with Crippen molar-refractivity contribution in [3.63, 3.8) is 0 Å². The van der Waals surface area contributed by atoms with E-state index >= 15 is 0 Å². The SMILES string of the molecule is CC(C)OC(=O)[C@H](C)NP(=O)(OC[C@@]1(C(F)F)O[C@@H](n2cc(F)c(N)nc2=O)[C@H](O)[C@H]1O)Oc1ccc2ccccc2c1. The number of alkyl halides is 2.